The molecule has 4 nitrogen and oxygen atoms in total. The lowest BCUT2D eigenvalue weighted by molar-refractivity contribution is 0.593. The lowest BCUT2D eigenvalue weighted by Crippen LogP contribution is -2.24. The molecule has 0 fully saturated rings. The molecular weight excluding hydrogens is 260 g/mol. The summed E-state index contributed by atoms with van der Waals surface area (Å²) in [7, 11) is 1.98. The van der Waals surface area contributed by atoms with Gasteiger partial charge < -0.3 is 5.73 Å². The molecule has 0 saturated carbocycles. The topological polar surface area (TPSA) is 56.7 Å². The molecule has 0 radical (unpaired) electrons. The van der Waals surface area contributed by atoms with Crippen LogP contribution in [0.2, 0.25) is 0 Å². The first-order valence-electron chi connectivity index (χ1n) is 7.30. The van der Waals surface area contributed by atoms with Crippen molar-refractivity contribution in [1.29, 1.82) is 0 Å². The minimum Gasteiger partial charge on any atom is -0.327 e. The first kappa shape index (κ1) is 13.8. The van der Waals surface area contributed by atoms with Crippen molar-refractivity contribution in [3.05, 3.63) is 60.0 Å². The highest BCUT2D eigenvalue weighted by molar-refractivity contribution is 5.81. The molecule has 2 N–H and O–H groups in total. The van der Waals surface area contributed by atoms with Gasteiger partial charge in [0.25, 0.3) is 0 Å². The van der Waals surface area contributed by atoms with Gasteiger partial charge in [-0.05, 0) is 31.0 Å². The van der Waals surface area contributed by atoms with E-state index in [1.54, 1.807) is 0 Å². The van der Waals surface area contributed by atoms with Crippen molar-refractivity contribution in [3.8, 4) is 0 Å². The molecule has 1 atom stereocenters. The third-order valence-electron chi connectivity index (χ3n) is 3.79. The van der Waals surface area contributed by atoms with Crippen molar-refractivity contribution in [1.82, 2.24) is 14.8 Å². The van der Waals surface area contributed by atoms with Crippen molar-refractivity contribution in [3.63, 3.8) is 0 Å². The van der Waals surface area contributed by atoms with Crippen molar-refractivity contribution in [2.24, 2.45) is 12.8 Å². The lowest BCUT2D eigenvalue weighted by Gasteiger charge is -2.09. The van der Waals surface area contributed by atoms with Crippen LogP contribution in [0.5, 0.6) is 0 Å². The quantitative estimate of drug-likeness (QED) is 0.781. The van der Waals surface area contributed by atoms with Gasteiger partial charge in [-0.25, -0.2) is 0 Å². The van der Waals surface area contributed by atoms with Gasteiger partial charge >= 0.3 is 0 Å². The van der Waals surface area contributed by atoms with E-state index in [4.69, 9.17) is 5.73 Å². The number of aromatic nitrogens is 3. The van der Waals surface area contributed by atoms with Gasteiger partial charge in [-0.15, -0.1) is 0 Å². The summed E-state index contributed by atoms with van der Waals surface area (Å²) in [6.07, 6.45) is 4.45. The molecule has 4 heteroatoms. The van der Waals surface area contributed by atoms with Crippen molar-refractivity contribution >= 4 is 10.9 Å². The molecule has 0 spiro atoms. The molecule has 2 aromatic heterocycles. The Morgan fingerprint density at radius 2 is 1.95 bits per heavy atom. The summed E-state index contributed by atoms with van der Waals surface area (Å²) in [4.78, 5) is 4.34. The van der Waals surface area contributed by atoms with E-state index in [1.165, 1.54) is 5.39 Å². The van der Waals surface area contributed by atoms with Gasteiger partial charge in [0.2, 0.25) is 0 Å². The van der Waals surface area contributed by atoms with Gasteiger partial charge in [0, 0.05) is 36.8 Å². The van der Waals surface area contributed by atoms with Crippen LogP contribution in [0, 0.1) is 0 Å². The van der Waals surface area contributed by atoms with E-state index in [1.807, 2.05) is 48.3 Å². The molecule has 0 aliphatic carbocycles. The summed E-state index contributed by atoms with van der Waals surface area (Å²) in [5.41, 5.74) is 9.61. The van der Waals surface area contributed by atoms with Crippen LogP contribution in [-0.2, 0) is 19.9 Å². The third kappa shape index (κ3) is 3.11. The molecule has 0 bridgehead atoms. The van der Waals surface area contributed by atoms with Crippen LogP contribution in [-0.4, -0.2) is 20.8 Å². The van der Waals surface area contributed by atoms with E-state index in [-0.39, 0.29) is 6.04 Å². The number of nitrogens with zero attached hydrogens (tertiary/aromatic N) is 3. The summed E-state index contributed by atoms with van der Waals surface area (Å²) in [5.74, 6) is 0. The average molecular weight is 280 g/mol. The number of aryl methyl sites for hydroxylation is 2. The normalized spacial score (nSPS) is 12.7. The minimum absolute atomic E-state index is 0.102. The maximum atomic E-state index is 6.28. The van der Waals surface area contributed by atoms with Gasteiger partial charge in [-0.1, -0.05) is 24.3 Å². The fraction of sp³-hybridized carbons (Fsp3) is 0.294. The van der Waals surface area contributed by atoms with Crippen molar-refractivity contribution < 1.29 is 0 Å². The average Bonchev–Trinajstić information content (AvgIpc) is 2.83. The Hall–Kier alpha value is -2.20. The molecule has 1 aromatic carbocycles. The molecule has 1 unspecified atom stereocenters. The van der Waals surface area contributed by atoms with Crippen LogP contribution in [0.4, 0.5) is 0 Å². The van der Waals surface area contributed by atoms with Gasteiger partial charge in [-0.2, -0.15) is 5.10 Å². The van der Waals surface area contributed by atoms with Gasteiger partial charge in [0.05, 0.1) is 11.2 Å². The maximum Gasteiger partial charge on any atom is 0.0718 e. The highest BCUT2D eigenvalue weighted by Crippen LogP contribution is 2.19. The first-order valence-corrected chi connectivity index (χ1v) is 7.30. The summed E-state index contributed by atoms with van der Waals surface area (Å²) in [6, 6.07) is 14.4. The zero-order valence-electron chi connectivity index (χ0n) is 12.2. The van der Waals surface area contributed by atoms with E-state index in [2.05, 4.69) is 22.2 Å². The van der Waals surface area contributed by atoms with E-state index < -0.39 is 0 Å². The fourth-order valence-electron chi connectivity index (χ4n) is 2.67. The zero-order chi connectivity index (χ0) is 14.7. The highest BCUT2D eigenvalue weighted by atomic mass is 15.3. The number of rotatable bonds is 5. The Labute approximate surface area is 124 Å². The molecule has 108 valence electrons. The standard InChI is InChI=1S/C17H20N4/c1-21-17-8-3-2-7-15(17)16(20-21)12-13(18)9-10-14-6-4-5-11-19-14/h2-8,11,13H,9-10,12,18H2,1H3. The smallest absolute Gasteiger partial charge is 0.0718 e. The Kier molecular flexibility index (Phi) is 3.97. The SMILES string of the molecule is Cn1nc(CC(N)CCc2ccccn2)c2ccccc21. The number of pyridine rings is 1. The Morgan fingerprint density at radius 1 is 1.14 bits per heavy atom. The molecule has 3 aromatic rings. The number of hydrogen-bond acceptors (Lipinski definition) is 3. The number of fused-ring (bicyclic) bond motifs is 1. The number of para-hydroxylation sites is 1. The largest absolute Gasteiger partial charge is 0.327 e. The fourth-order valence-corrected chi connectivity index (χ4v) is 2.67. The van der Waals surface area contributed by atoms with Crippen molar-refractivity contribution in [2.45, 2.75) is 25.3 Å². The molecule has 0 aliphatic rings. The van der Waals surface area contributed by atoms with Crippen molar-refractivity contribution in [2.75, 3.05) is 0 Å². The zero-order valence-corrected chi connectivity index (χ0v) is 12.2. The van der Waals surface area contributed by atoms with Crippen LogP contribution in [0.25, 0.3) is 10.9 Å². The van der Waals surface area contributed by atoms with E-state index in [9.17, 15) is 0 Å². The van der Waals surface area contributed by atoms with E-state index >= 15 is 0 Å². The monoisotopic (exact) mass is 280 g/mol. The predicted octanol–water partition coefficient (Wildman–Crippen LogP) is 2.47. The molecule has 21 heavy (non-hydrogen) atoms. The Bertz CT molecular complexity index is 718. The minimum atomic E-state index is 0.102. The summed E-state index contributed by atoms with van der Waals surface area (Å²) >= 11 is 0. The Balaban J connectivity index is 1.68. The third-order valence-corrected chi connectivity index (χ3v) is 3.79. The number of hydrogen-bond donors (Lipinski definition) is 1. The maximum absolute atomic E-state index is 6.28. The number of benzene rings is 1. The molecule has 3 rings (SSSR count). The molecule has 0 saturated heterocycles. The Morgan fingerprint density at radius 3 is 2.76 bits per heavy atom. The summed E-state index contributed by atoms with van der Waals surface area (Å²) in [5, 5.41) is 5.81. The second-order valence-electron chi connectivity index (χ2n) is 5.41. The molecular formula is C17H20N4. The summed E-state index contributed by atoms with van der Waals surface area (Å²) in [6.45, 7) is 0. The van der Waals surface area contributed by atoms with Gasteiger partial charge in [0.1, 0.15) is 0 Å². The van der Waals surface area contributed by atoms with E-state index in [0.717, 1.165) is 36.2 Å². The van der Waals surface area contributed by atoms with Crippen LogP contribution in [0.15, 0.2) is 48.7 Å². The first-order chi connectivity index (χ1) is 10.2. The van der Waals surface area contributed by atoms with Crippen LogP contribution in [0.1, 0.15) is 17.8 Å². The van der Waals surface area contributed by atoms with E-state index in [0.29, 0.717) is 0 Å². The molecule has 2 heterocycles. The second kappa shape index (κ2) is 6.06. The second-order valence-corrected chi connectivity index (χ2v) is 5.41. The molecule has 0 aliphatic heterocycles. The molecule has 0 amide bonds. The van der Waals surface area contributed by atoms with Crippen LogP contribution < -0.4 is 5.73 Å². The van der Waals surface area contributed by atoms with Crippen LogP contribution in [0.3, 0.4) is 0 Å². The van der Waals surface area contributed by atoms with Gasteiger partial charge in [0.15, 0.2) is 0 Å². The summed E-state index contributed by atoms with van der Waals surface area (Å²) < 4.78 is 1.93. The predicted molar refractivity (Wildman–Crippen MR) is 85.0 cm³/mol. The van der Waals surface area contributed by atoms with Crippen LogP contribution >= 0.6 is 0 Å². The van der Waals surface area contributed by atoms with Gasteiger partial charge in [-0.3, -0.25) is 9.67 Å². The highest BCUT2D eigenvalue weighted by Gasteiger charge is 2.12. The lowest BCUT2D eigenvalue weighted by atomic mass is 10.0. The number of nitrogens with two attached hydrogens (primary N) is 1.